The predicted octanol–water partition coefficient (Wildman–Crippen LogP) is 0.501. The molecular weight excluding hydrogens is 302 g/mol. The molecule has 1 aliphatic rings. The Morgan fingerprint density at radius 2 is 2.35 bits per heavy atom. The monoisotopic (exact) mass is 317 g/mol. The predicted molar refractivity (Wildman–Crippen MR) is 80.3 cm³/mol. The number of aromatic nitrogens is 1. The number of amides is 1. The summed E-state index contributed by atoms with van der Waals surface area (Å²) < 4.78 is 9.81. The van der Waals surface area contributed by atoms with Gasteiger partial charge in [-0.3, -0.25) is 4.79 Å². The van der Waals surface area contributed by atoms with E-state index in [-0.39, 0.29) is 36.9 Å². The summed E-state index contributed by atoms with van der Waals surface area (Å²) in [5.41, 5.74) is 1.52. The summed E-state index contributed by atoms with van der Waals surface area (Å²) in [5.74, 6) is -0.945. The number of esters is 1. The molecule has 2 aromatic rings. The molecule has 3 rings (SSSR count). The molecule has 8 heteroatoms. The fourth-order valence-electron chi connectivity index (χ4n) is 2.43. The second-order valence-electron chi connectivity index (χ2n) is 5.00. The second-order valence-corrected chi connectivity index (χ2v) is 5.00. The summed E-state index contributed by atoms with van der Waals surface area (Å²) in [5, 5.41) is 16.5. The molecule has 0 aliphatic carbocycles. The Labute approximate surface area is 131 Å². The molecule has 2 N–H and O–H groups in total. The van der Waals surface area contributed by atoms with Gasteiger partial charge in [-0.25, -0.2) is 4.79 Å². The molecule has 0 saturated heterocycles. The number of hydrogen-bond acceptors (Lipinski definition) is 7. The van der Waals surface area contributed by atoms with Crippen LogP contribution in [0.5, 0.6) is 0 Å². The average molecular weight is 317 g/mol. The molecule has 0 spiro atoms. The molecule has 1 aliphatic heterocycles. The summed E-state index contributed by atoms with van der Waals surface area (Å²) in [4.78, 5) is 25.7. The standard InChI is InChI=1S/C15H15N3O5/c1-22-15(21)11-8-18(4-5-19)14(20)13(11)17-10-3-2-9-7-16-23-12(9)6-10/h2-3,6-7,17,19H,4-5,8H2,1H3. The molecule has 8 nitrogen and oxygen atoms in total. The van der Waals surface area contributed by atoms with Crippen molar-refractivity contribution >= 4 is 28.5 Å². The van der Waals surface area contributed by atoms with Crippen molar-refractivity contribution in [1.29, 1.82) is 0 Å². The Hall–Kier alpha value is -2.87. The van der Waals surface area contributed by atoms with Gasteiger partial charge in [-0.05, 0) is 12.1 Å². The number of fused-ring (bicyclic) bond motifs is 1. The number of hydrogen-bond donors (Lipinski definition) is 2. The maximum Gasteiger partial charge on any atom is 0.337 e. The van der Waals surface area contributed by atoms with Crippen LogP contribution < -0.4 is 5.32 Å². The van der Waals surface area contributed by atoms with Crippen LogP contribution in [0, 0.1) is 0 Å². The van der Waals surface area contributed by atoms with E-state index < -0.39 is 5.97 Å². The smallest absolute Gasteiger partial charge is 0.337 e. The third kappa shape index (κ3) is 2.76. The minimum atomic E-state index is -0.581. The van der Waals surface area contributed by atoms with E-state index in [9.17, 15) is 9.59 Å². The van der Waals surface area contributed by atoms with Crippen molar-refractivity contribution in [3.05, 3.63) is 35.7 Å². The van der Waals surface area contributed by atoms with Crippen molar-refractivity contribution < 1.29 is 24.0 Å². The van der Waals surface area contributed by atoms with Gasteiger partial charge in [0.15, 0.2) is 5.58 Å². The Morgan fingerprint density at radius 1 is 1.52 bits per heavy atom. The van der Waals surface area contributed by atoms with Gasteiger partial charge in [0.1, 0.15) is 5.70 Å². The Bertz CT molecular complexity index is 795. The van der Waals surface area contributed by atoms with Gasteiger partial charge in [0, 0.05) is 23.7 Å². The van der Waals surface area contributed by atoms with Gasteiger partial charge in [-0.1, -0.05) is 5.16 Å². The zero-order valence-corrected chi connectivity index (χ0v) is 12.4. The normalized spacial score (nSPS) is 14.7. The molecule has 0 saturated carbocycles. The van der Waals surface area contributed by atoms with Crippen molar-refractivity contribution in [2.45, 2.75) is 0 Å². The first-order valence-electron chi connectivity index (χ1n) is 6.97. The Kier molecular flexibility index (Phi) is 3.98. The highest BCUT2D eigenvalue weighted by atomic mass is 16.5. The number of carbonyl (C=O) groups excluding carboxylic acids is 2. The highest BCUT2D eigenvalue weighted by molar-refractivity contribution is 6.08. The van der Waals surface area contributed by atoms with E-state index in [0.717, 1.165) is 5.39 Å². The van der Waals surface area contributed by atoms with Gasteiger partial charge in [0.2, 0.25) is 0 Å². The van der Waals surface area contributed by atoms with Crippen LogP contribution in [0.3, 0.4) is 0 Å². The van der Waals surface area contributed by atoms with Crippen LogP contribution in [0.2, 0.25) is 0 Å². The molecule has 2 heterocycles. The van der Waals surface area contributed by atoms with Crippen molar-refractivity contribution in [2.75, 3.05) is 32.1 Å². The molecule has 0 radical (unpaired) electrons. The van der Waals surface area contributed by atoms with Gasteiger partial charge in [0.25, 0.3) is 5.91 Å². The number of anilines is 1. The number of benzene rings is 1. The maximum atomic E-state index is 12.4. The van der Waals surface area contributed by atoms with E-state index in [4.69, 9.17) is 14.4 Å². The molecule has 1 amide bonds. The number of nitrogens with one attached hydrogen (secondary N) is 1. The largest absolute Gasteiger partial charge is 0.466 e. The minimum Gasteiger partial charge on any atom is -0.466 e. The lowest BCUT2D eigenvalue weighted by Gasteiger charge is -2.14. The lowest BCUT2D eigenvalue weighted by molar-refractivity contribution is -0.136. The summed E-state index contributed by atoms with van der Waals surface area (Å²) in [6, 6.07) is 5.23. The third-order valence-corrected chi connectivity index (χ3v) is 3.58. The molecule has 0 bridgehead atoms. The summed E-state index contributed by atoms with van der Waals surface area (Å²) in [6.45, 7) is 0.0576. The second kappa shape index (κ2) is 6.09. The van der Waals surface area contributed by atoms with E-state index in [0.29, 0.717) is 11.3 Å². The van der Waals surface area contributed by atoms with E-state index >= 15 is 0 Å². The van der Waals surface area contributed by atoms with Crippen LogP contribution in [0.15, 0.2) is 40.2 Å². The van der Waals surface area contributed by atoms with Crippen LogP contribution in [0.4, 0.5) is 5.69 Å². The Morgan fingerprint density at radius 3 is 3.09 bits per heavy atom. The Balaban J connectivity index is 1.92. The molecular formula is C15H15N3O5. The fourth-order valence-corrected chi connectivity index (χ4v) is 2.43. The number of nitrogens with zero attached hydrogens (tertiary/aromatic N) is 2. The number of methoxy groups -OCH3 is 1. The molecule has 1 aromatic heterocycles. The molecule has 0 fully saturated rings. The van der Waals surface area contributed by atoms with E-state index in [1.165, 1.54) is 12.0 Å². The first-order valence-corrected chi connectivity index (χ1v) is 6.97. The van der Waals surface area contributed by atoms with Gasteiger partial charge >= 0.3 is 5.97 Å². The van der Waals surface area contributed by atoms with Crippen LogP contribution >= 0.6 is 0 Å². The fraction of sp³-hybridized carbons (Fsp3) is 0.267. The van der Waals surface area contributed by atoms with Crippen LogP contribution in [-0.2, 0) is 14.3 Å². The van der Waals surface area contributed by atoms with E-state index in [2.05, 4.69) is 10.5 Å². The number of β-amino-alcohol motifs (C(OH)–C–C–N with tert-alkyl or cyclic N) is 1. The summed E-state index contributed by atoms with van der Waals surface area (Å²) >= 11 is 0. The lowest BCUT2D eigenvalue weighted by atomic mass is 10.2. The van der Waals surface area contributed by atoms with Gasteiger partial charge in [-0.2, -0.15) is 0 Å². The van der Waals surface area contributed by atoms with Gasteiger partial charge in [0.05, 0.1) is 32.0 Å². The average Bonchev–Trinajstić information content (AvgIpc) is 3.13. The minimum absolute atomic E-state index is 0.0962. The highest BCUT2D eigenvalue weighted by Gasteiger charge is 2.34. The number of aliphatic hydroxyl groups is 1. The topological polar surface area (TPSA) is 105 Å². The van der Waals surface area contributed by atoms with Gasteiger partial charge in [-0.15, -0.1) is 0 Å². The molecule has 0 atom stereocenters. The zero-order valence-electron chi connectivity index (χ0n) is 12.4. The number of ether oxygens (including phenoxy) is 1. The number of carbonyl (C=O) groups is 2. The molecule has 1 aromatic carbocycles. The van der Waals surface area contributed by atoms with Gasteiger partial charge < -0.3 is 24.6 Å². The van der Waals surface area contributed by atoms with Crippen LogP contribution in [-0.4, -0.2) is 53.8 Å². The van der Waals surface area contributed by atoms with Crippen molar-refractivity contribution in [1.82, 2.24) is 10.1 Å². The summed E-state index contributed by atoms with van der Waals surface area (Å²) in [6.07, 6.45) is 1.59. The number of rotatable bonds is 5. The van der Waals surface area contributed by atoms with Crippen LogP contribution in [0.25, 0.3) is 11.0 Å². The van der Waals surface area contributed by atoms with Crippen LogP contribution in [0.1, 0.15) is 0 Å². The van der Waals surface area contributed by atoms with E-state index in [1.807, 2.05) is 0 Å². The number of aliphatic hydroxyl groups excluding tert-OH is 1. The molecule has 23 heavy (non-hydrogen) atoms. The molecule has 0 unspecified atom stereocenters. The highest BCUT2D eigenvalue weighted by Crippen LogP contribution is 2.25. The third-order valence-electron chi connectivity index (χ3n) is 3.58. The first-order chi connectivity index (χ1) is 11.1. The first kappa shape index (κ1) is 15.0. The lowest BCUT2D eigenvalue weighted by Crippen LogP contribution is -2.31. The van der Waals surface area contributed by atoms with Crippen molar-refractivity contribution in [3.8, 4) is 0 Å². The molecule has 120 valence electrons. The maximum absolute atomic E-state index is 12.4. The SMILES string of the molecule is COC(=O)C1=C(Nc2ccc3cnoc3c2)C(=O)N(CCO)C1. The van der Waals surface area contributed by atoms with E-state index in [1.54, 1.807) is 24.4 Å². The summed E-state index contributed by atoms with van der Waals surface area (Å²) in [7, 11) is 1.26. The zero-order chi connectivity index (χ0) is 16.4. The van der Waals surface area contributed by atoms with Crippen molar-refractivity contribution in [2.24, 2.45) is 0 Å². The van der Waals surface area contributed by atoms with Crippen molar-refractivity contribution in [3.63, 3.8) is 0 Å². The quantitative estimate of drug-likeness (QED) is 0.774.